The zero-order valence-corrected chi connectivity index (χ0v) is 37.4. The van der Waals surface area contributed by atoms with Gasteiger partial charge in [0.1, 0.15) is 6.10 Å². The molecule has 0 heterocycles. The number of allylic oxidation sites excluding steroid dienone is 4. The minimum Gasteiger partial charge on any atom is -0.465 e. The lowest BCUT2D eigenvalue weighted by Crippen LogP contribution is -2.18. The van der Waals surface area contributed by atoms with Crippen LogP contribution < -0.4 is 0 Å². The van der Waals surface area contributed by atoms with Crippen LogP contribution in [-0.4, -0.2) is 50.0 Å². The van der Waals surface area contributed by atoms with Crippen molar-refractivity contribution in [2.24, 2.45) is 16.8 Å². The molecule has 0 N–H and O–H groups in total. The number of carbonyl (C=O) groups excluding carboxylic acids is 3. The maximum Gasteiger partial charge on any atom is 0.306 e. The van der Waals surface area contributed by atoms with Crippen molar-refractivity contribution in [2.45, 2.75) is 233 Å². The predicted molar refractivity (Wildman–Crippen MR) is 237 cm³/mol. The highest BCUT2D eigenvalue weighted by molar-refractivity contribution is 5.70. The van der Waals surface area contributed by atoms with Crippen molar-refractivity contribution in [1.82, 2.24) is 0 Å². The highest BCUT2D eigenvalue weighted by Crippen LogP contribution is 2.19. The van der Waals surface area contributed by atoms with E-state index in [1.165, 1.54) is 64.2 Å². The average Bonchev–Trinajstić information content (AvgIpc) is 3.20. The quantitative estimate of drug-likeness (QED) is 0.0201. The van der Waals surface area contributed by atoms with Gasteiger partial charge in [0.05, 0.1) is 13.2 Å². The fourth-order valence-electron chi connectivity index (χ4n) is 6.78. The van der Waals surface area contributed by atoms with E-state index in [4.69, 9.17) is 14.2 Å². The lowest BCUT2D eigenvalue weighted by atomic mass is 10.0. The Morgan fingerprint density at radius 1 is 0.464 bits per heavy atom. The van der Waals surface area contributed by atoms with E-state index in [0.29, 0.717) is 50.9 Å². The highest BCUT2D eigenvalue weighted by atomic mass is 16.5. The summed E-state index contributed by atoms with van der Waals surface area (Å²) in [6.07, 6.45) is 42.4. The van der Waals surface area contributed by atoms with Crippen molar-refractivity contribution in [3.63, 3.8) is 0 Å². The SMILES string of the molecule is CC=NCCCC(=O)OC(CCCCCCCC/C=C\CCCCC(=O)OCC(CC)CC)CCCCCCCC/C=C\CCCCC(=O)OCC(CC)CC. The van der Waals surface area contributed by atoms with Crippen LogP contribution in [0.15, 0.2) is 29.3 Å². The Balaban J connectivity index is 4.02. The molecular formula is C49H89NO6. The van der Waals surface area contributed by atoms with Gasteiger partial charge in [-0.15, -0.1) is 0 Å². The number of unbranched alkanes of at least 4 members (excludes halogenated alkanes) is 16. The summed E-state index contributed by atoms with van der Waals surface area (Å²) < 4.78 is 16.8. The average molecular weight is 788 g/mol. The number of rotatable bonds is 41. The van der Waals surface area contributed by atoms with Crippen LogP contribution in [0.3, 0.4) is 0 Å². The van der Waals surface area contributed by atoms with E-state index in [2.05, 4.69) is 57.0 Å². The van der Waals surface area contributed by atoms with Crippen LogP contribution >= 0.6 is 0 Å². The molecule has 0 saturated heterocycles. The molecule has 0 atom stereocenters. The number of hydrogen-bond donors (Lipinski definition) is 0. The van der Waals surface area contributed by atoms with Crippen LogP contribution in [0, 0.1) is 11.8 Å². The summed E-state index contributed by atoms with van der Waals surface area (Å²) in [4.78, 5) is 40.6. The Morgan fingerprint density at radius 2 is 0.821 bits per heavy atom. The van der Waals surface area contributed by atoms with Crippen molar-refractivity contribution in [1.29, 1.82) is 0 Å². The minimum atomic E-state index is -0.0626. The van der Waals surface area contributed by atoms with Gasteiger partial charge in [-0.3, -0.25) is 19.4 Å². The predicted octanol–water partition coefficient (Wildman–Crippen LogP) is 14.2. The van der Waals surface area contributed by atoms with Crippen molar-refractivity contribution in [3.8, 4) is 0 Å². The third-order valence-corrected chi connectivity index (χ3v) is 11.0. The van der Waals surface area contributed by atoms with Gasteiger partial charge in [0.15, 0.2) is 0 Å². The smallest absolute Gasteiger partial charge is 0.306 e. The van der Waals surface area contributed by atoms with E-state index in [1.54, 1.807) is 6.21 Å². The first kappa shape index (κ1) is 53.6. The Labute approximate surface area is 346 Å². The Hall–Kier alpha value is -2.44. The van der Waals surface area contributed by atoms with Gasteiger partial charge in [-0.2, -0.15) is 0 Å². The molecule has 0 aliphatic heterocycles. The highest BCUT2D eigenvalue weighted by Gasteiger charge is 2.14. The largest absolute Gasteiger partial charge is 0.465 e. The summed E-state index contributed by atoms with van der Waals surface area (Å²) in [5.74, 6) is 0.842. The first-order chi connectivity index (χ1) is 27.4. The molecule has 0 amide bonds. The molecule has 0 aromatic rings. The molecule has 0 aromatic carbocycles. The first-order valence-corrected chi connectivity index (χ1v) is 23.6. The lowest BCUT2D eigenvalue weighted by Gasteiger charge is -2.18. The van der Waals surface area contributed by atoms with Gasteiger partial charge in [0.2, 0.25) is 0 Å². The van der Waals surface area contributed by atoms with Gasteiger partial charge in [-0.05, 0) is 121 Å². The van der Waals surface area contributed by atoms with E-state index < -0.39 is 0 Å². The lowest BCUT2D eigenvalue weighted by molar-refractivity contribution is -0.150. The standard InChI is InChI=1S/C49H89NO6/c1-6-44(7-2)42-54-47(51)38-33-29-25-21-17-13-11-15-19-23-27-31-36-46(56-49(53)40-35-41-50-10-5)37-32-28-24-20-16-12-14-18-22-26-30-34-39-48(52)55-43-45(8-3)9-4/h10,17-18,21-22,44-46H,6-9,11-16,19-20,23-43H2,1-5H3/b21-17-,22-18-,50-10?. The molecule has 7 nitrogen and oxygen atoms in total. The van der Waals surface area contributed by atoms with Gasteiger partial charge in [0, 0.05) is 25.8 Å². The fraction of sp³-hybridized carbons (Fsp3) is 0.837. The fourth-order valence-corrected chi connectivity index (χ4v) is 6.78. The molecule has 0 radical (unpaired) electrons. The topological polar surface area (TPSA) is 91.3 Å². The molecule has 0 unspecified atom stereocenters. The molecule has 0 spiro atoms. The molecule has 0 bridgehead atoms. The minimum absolute atomic E-state index is 0.0444. The molecule has 56 heavy (non-hydrogen) atoms. The second kappa shape index (κ2) is 42.2. The van der Waals surface area contributed by atoms with Crippen LogP contribution in [-0.2, 0) is 28.6 Å². The van der Waals surface area contributed by atoms with E-state index in [9.17, 15) is 14.4 Å². The number of hydrogen-bond acceptors (Lipinski definition) is 7. The second-order valence-corrected chi connectivity index (χ2v) is 15.9. The maximum absolute atomic E-state index is 12.5. The Kier molecular flexibility index (Phi) is 40.3. The molecule has 0 aliphatic carbocycles. The third kappa shape index (κ3) is 37.2. The Bertz CT molecular complexity index is 921. The van der Waals surface area contributed by atoms with Gasteiger partial charge in [-0.25, -0.2) is 0 Å². The van der Waals surface area contributed by atoms with Crippen LogP contribution in [0.2, 0.25) is 0 Å². The number of nitrogens with zero attached hydrogens (tertiary/aromatic N) is 1. The summed E-state index contributed by atoms with van der Waals surface area (Å²) in [5, 5.41) is 0. The first-order valence-electron chi connectivity index (χ1n) is 23.6. The summed E-state index contributed by atoms with van der Waals surface area (Å²) >= 11 is 0. The molecule has 0 saturated carbocycles. The number of aliphatic imine (C=N–C) groups is 1. The van der Waals surface area contributed by atoms with Crippen LogP contribution in [0.1, 0.15) is 227 Å². The summed E-state index contributed by atoms with van der Waals surface area (Å²) in [5.41, 5.74) is 0. The van der Waals surface area contributed by atoms with Crippen molar-refractivity contribution in [3.05, 3.63) is 24.3 Å². The molecular weight excluding hydrogens is 699 g/mol. The summed E-state index contributed by atoms with van der Waals surface area (Å²) in [6.45, 7) is 12.3. The van der Waals surface area contributed by atoms with Gasteiger partial charge in [-0.1, -0.05) is 129 Å². The van der Waals surface area contributed by atoms with E-state index in [1.807, 2.05) is 6.92 Å². The van der Waals surface area contributed by atoms with E-state index >= 15 is 0 Å². The third-order valence-electron chi connectivity index (χ3n) is 11.0. The number of ether oxygens (including phenoxy) is 3. The number of carbonyl (C=O) groups is 3. The van der Waals surface area contributed by atoms with Gasteiger partial charge in [0.25, 0.3) is 0 Å². The monoisotopic (exact) mass is 788 g/mol. The molecule has 0 aliphatic rings. The van der Waals surface area contributed by atoms with E-state index in [0.717, 1.165) is 109 Å². The maximum atomic E-state index is 12.5. The summed E-state index contributed by atoms with van der Waals surface area (Å²) in [7, 11) is 0. The zero-order valence-electron chi connectivity index (χ0n) is 37.4. The zero-order chi connectivity index (χ0) is 41.2. The normalized spacial score (nSPS) is 12.0. The van der Waals surface area contributed by atoms with Crippen molar-refractivity contribution in [2.75, 3.05) is 19.8 Å². The molecule has 0 fully saturated rings. The molecule has 0 aromatic heterocycles. The van der Waals surface area contributed by atoms with Crippen molar-refractivity contribution < 1.29 is 28.6 Å². The van der Waals surface area contributed by atoms with Crippen LogP contribution in [0.25, 0.3) is 0 Å². The molecule has 0 rings (SSSR count). The molecule has 326 valence electrons. The summed E-state index contributed by atoms with van der Waals surface area (Å²) in [6, 6.07) is 0. The molecule has 7 heteroatoms. The van der Waals surface area contributed by atoms with Gasteiger partial charge >= 0.3 is 17.9 Å². The number of esters is 3. The Morgan fingerprint density at radius 3 is 1.21 bits per heavy atom. The van der Waals surface area contributed by atoms with E-state index in [-0.39, 0.29) is 24.0 Å². The van der Waals surface area contributed by atoms with Crippen LogP contribution in [0.4, 0.5) is 0 Å². The van der Waals surface area contributed by atoms with Crippen molar-refractivity contribution >= 4 is 24.1 Å². The van der Waals surface area contributed by atoms with Gasteiger partial charge < -0.3 is 14.2 Å². The van der Waals surface area contributed by atoms with Crippen LogP contribution in [0.5, 0.6) is 0 Å². The second-order valence-electron chi connectivity index (χ2n) is 15.9.